The van der Waals surface area contributed by atoms with E-state index >= 15 is 0 Å². The first-order valence-electron chi connectivity index (χ1n) is 7.96. The molecule has 1 aliphatic carbocycles. The van der Waals surface area contributed by atoms with Crippen molar-refractivity contribution in [2.75, 3.05) is 6.61 Å². The van der Waals surface area contributed by atoms with Crippen molar-refractivity contribution in [2.45, 2.75) is 76.7 Å². The lowest BCUT2D eigenvalue weighted by atomic mass is 9.88. The molecule has 24 heavy (non-hydrogen) atoms. The summed E-state index contributed by atoms with van der Waals surface area (Å²) in [7, 11) is -1.78. The number of alkyl halides is 2. The largest absolute Gasteiger partial charge is 0.460 e. The van der Waals surface area contributed by atoms with Crippen molar-refractivity contribution >= 4 is 17.0 Å². The molecular formula is C16H29F2NO4S. The zero-order valence-electron chi connectivity index (χ0n) is 15.4. The maximum atomic E-state index is 14.4. The average Bonchev–Trinajstić information content (AvgIpc) is 3.15. The van der Waals surface area contributed by atoms with E-state index in [1.165, 1.54) is 6.92 Å². The van der Waals surface area contributed by atoms with Gasteiger partial charge in [-0.3, -0.25) is 4.79 Å². The van der Waals surface area contributed by atoms with Crippen LogP contribution in [0.15, 0.2) is 0 Å². The summed E-state index contributed by atoms with van der Waals surface area (Å²) in [5, 5.41) is 9.13. The maximum absolute atomic E-state index is 14.4. The summed E-state index contributed by atoms with van der Waals surface area (Å²) in [6.45, 7) is 9.91. The number of rotatable bonds is 6. The molecule has 0 radical (unpaired) electrons. The lowest BCUT2D eigenvalue weighted by Crippen LogP contribution is -2.62. The Balaban J connectivity index is 3.02. The number of halogens is 2. The lowest BCUT2D eigenvalue weighted by Gasteiger charge is -2.39. The summed E-state index contributed by atoms with van der Waals surface area (Å²) in [4.78, 5) is 12.1. The van der Waals surface area contributed by atoms with Crippen LogP contribution in [0.5, 0.6) is 0 Å². The van der Waals surface area contributed by atoms with Gasteiger partial charge in [-0.2, -0.15) is 0 Å². The molecule has 1 aliphatic rings. The summed E-state index contributed by atoms with van der Waals surface area (Å²) < 4.78 is 48.2. The molecule has 0 spiro atoms. The molecule has 1 rings (SSSR count). The Hall–Kier alpha value is -0.600. The predicted octanol–water partition coefficient (Wildman–Crippen LogP) is 2.40. The molecule has 1 saturated carbocycles. The van der Waals surface area contributed by atoms with E-state index in [1.807, 2.05) is 0 Å². The molecule has 0 aliphatic heterocycles. The summed E-state index contributed by atoms with van der Waals surface area (Å²) >= 11 is 0. The maximum Gasteiger partial charge on any atom is 0.309 e. The minimum atomic E-state index is -3.53. The number of nitrogens with one attached hydrogen (secondary N) is 1. The second-order valence-corrected chi connectivity index (χ2v) is 10.5. The average molecular weight is 369 g/mol. The van der Waals surface area contributed by atoms with Crippen molar-refractivity contribution < 1.29 is 27.6 Å². The van der Waals surface area contributed by atoms with Crippen molar-refractivity contribution in [2.24, 2.45) is 11.8 Å². The van der Waals surface area contributed by atoms with Crippen molar-refractivity contribution in [1.29, 1.82) is 0 Å². The zero-order chi connectivity index (χ0) is 19.1. The molecule has 0 aromatic rings. The van der Waals surface area contributed by atoms with E-state index in [0.717, 1.165) is 0 Å². The van der Waals surface area contributed by atoms with Crippen molar-refractivity contribution in [3.8, 4) is 0 Å². The van der Waals surface area contributed by atoms with Gasteiger partial charge in [0.05, 0.1) is 27.2 Å². The third-order valence-corrected chi connectivity index (χ3v) is 5.78. The molecule has 0 unspecified atom stereocenters. The molecule has 0 aromatic carbocycles. The molecule has 0 bridgehead atoms. The van der Waals surface area contributed by atoms with E-state index in [1.54, 1.807) is 41.5 Å². The molecule has 142 valence electrons. The first-order chi connectivity index (χ1) is 10.5. The van der Waals surface area contributed by atoms with Crippen LogP contribution in [0.25, 0.3) is 0 Å². The van der Waals surface area contributed by atoms with Gasteiger partial charge in [-0.1, -0.05) is 0 Å². The highest BCUT2D eigenvalue weighted by atomic mass is 32.2. The summed E-state index contributed by atoms with van der Waals surface area (Å²) in [6.07, 6.45) is 0.204. The molecule has 2 N–H and O–H groups in total. The summed E-state index contributed by atoms with van der Waals surface area (Å²) in [5.41, 5.74) is -2.68. The van der Waals surface area contributed by atoms with Crippen LogP contribution < -0.4 is 4.72 Å². The van der Waals surface area contributed by atoms with E-state index in [-0.39, 0.29) is 6.42 Å². The van der Waals surface area contributed by atoms with Gasteiger partial charge in [0.1, 0.15) is 12.2 Å². The molecule has 0 heterocycles. The Morgan fingerprint density at radius 1 is 1.21 bits per heavy atom. The molecular weight excluding hydrogens is 340 g/mol. The molecule has 1 fully saturated rings. The second kappa shape index (κ2) is 6.61. The van der Waals surface area contributed by atoms with Gasteiger partial charge in [-0.05, 0) is 60.8 Å². The van der Waals surface area contributed by atoms with Crippen LogP contribution in [0.2, 0.25) is 0 Å². The highest BCUT2D eigenvalue weighted by molar-refractivity contribution is 7.84. The predicted molar refractivity (Wildman–Crippen MR) is 88.9 cm³/mol. The van der Waals surface area contributed by atoms with Gasteiger partial charge in [0.25, 0.3) is 5.92 Å². The minimum Gasteiger partial charge on any atom is -0.460 e. The van der Waals surface area contributed by atoms with Crippen LogP contribution >= 0.6 is 0 Å². The number of aliphatic hydroxyl groups excluding tert-OH is 1. The Bertz CT molecular complexity index is 513. The highest BCUT2D eigenvalue weighted by Gasteiger charge is 2.65. The Labute approximate surface area is 145 Å². The van der Waals surface area contributed by atoms with Gasteiger partial charge in [0.2, 0.25) is 0 Å². The lowest BCUT2D eigenvalue weighted by molar-refractivity contribution is -0.158. The third-order valence-electron chi connectivity index (χ3n) is 4.06. The van der Waals surface area contributed by atoms with E-state index in [0.29, 0.717) is 0 Å². The fraction of sp³-hybridized carbons (Fsp3) is 0.938. The van der Waals surface area contributed by atoms with Gasteiger partial charge >= 0.3 is 5.97 Å². The molecule has 0 saturated heterocycles. The Morgan fingerprint density at radius 3 is 2.08 bits per heavy atom. The second-order valence-electron chi connectivity index (χ2n) is 8.53. The fourth-order valence-corrected chi connectivity index (χ4v) is 3.39. The smallest absolute Gasteiger partial charge is 0.309 e. The summed E-state index contributed by atoms with van der Waals surface area (Å²) in [5.74, 6) is -5.54. The first-order valence-corrected chi connectivity index (χ1v) is 9.11. The monoisotopic (exact) mass is 369 g/mol. The van der Waals surface area contributed by atoms with Gasteiger partial charge < -0.3 is 9.84 Å². The summed E-state index contributed by atoms with van der Waals surface area (Å²) in [6, 6.07) is 0. The van der Waals surface area contributed by atoms with E-state index in [4.69, 9.17) is 9.84 Å². The van der Waals surface area contributed by atoms with E-state index in [2.05, 4.69) is 4.72 Å². The standard InChI is InChI=1S/C16H29F2NO4S/c1-13(2,3)23-12(21)10-8-11(10)15(7,16(17,18)9-20)19-24(22)14(4,5)6/h10-11,19-20H,8-9H2,1-7H3/t10-,11-,15-,24-/m1/s1. The van der Waals surface area contributed by atoms with Crippen LogP contribution in [0.1, 0.15) is 54.9 Å². The number of hydrogen-bond donors (Lipinski definition) is 2. The molecule has 5 nitrogen and oxygen atoms in total. The zero-order valence-corrected chi connectivity index (χ0v) is 16.2. The van der Waals surface area contributed by atoms with Gasteiger partial charge in [0, 0.05) is 0 Å². The number of aliphatic hydroxyl groups is 1. The van der Waals surface area contributed by atoms with Crippen molar-refractivity contribution in [3.05, 3.63) is 0 Å². The quantitative estimate of drug-likeness (QED) is 0.705. The molecule has 0 amide bonds. The van der Waals surface area contributed by atoms with Gasteiger partial charge in [0.15, 0.2) is 0 Å². The Kier molecular flexibility index (Phi) is 5.90. The molecule has 4 atom stereocenters. The number of carbonyl (C=O) groups is 1. The van der Waals surface area contributed by atoms with Crippen LogP contribution in [-0.2, 0) is 20.5 Å². The number of esters is 1. The first kappa shape index (κ1) is 21.4. The van der Waals surface area contributed by atoms with Crippen LogP contribution in [0.4, 0.5) is 8.78 Å². The van der Waals surface area contributed by atoms with Crippen LogP contribution in [-0.4, -0.2) is 43.7 Å². The van der Waals surface area contributed by atoms with Gasteiger partial charge in [-0.15, -0.1) is 0 Å². The topological polar surface area (TPSA) is 75.6 Å². The van der Waals surface area contributed by atoms with Crippen molar-refractivity contribution in [3.63, 3.8) is 0 Å². The number of carbonyl (C=O) groups excluding carboxylic acids is 1. The van der Waals surface area contributed by atoms with Gasteiger partial charge in [-0.25, -0.2) is 17.7 Å². The number of hydrogen-bond acceptors (Lipinski definition) is 4. The highest BCUT2D eigenvalue weighted by Crippen LogP contribution is 2.53. The minimum absolute atomic E-state index is 0.204. The van der Waals surface area contributed by atoms with Crippen LogP contribution in [0, 0.1) is 11.8 Å². The van der Waals surface area contributed by atoms with Crippen molar-refractivity contribution in [1.82, 2.24) is 4.72 Å². The normalized spacial score (nSPS) is 25.8. The number of ether oxygens (including phenoxy) is 1. The molecule has 8 heteroatoms. The third kappa shape index (κ3) is 4.73. The Morgan fingerprint density at radius 2 is 1.71 bits per heavy atom. The fourth-order valence-electron chi connectivity index (χ4n) is 2.40. The van der Waals surface area contributed by atoms with E-state index < -0.39 is 57.2 Å². The molecule has 0 aromatic heterocycles. The van der Waals surface area contributed by atoms with Crippen LogP contribution in [0.3, 0.4) is 0 Å². The SMILES string of the molecule is CC(C)(C)OC(=O)[C@@H]1C[C@H]1[C@@](C)(N[S@](=O)C(C)(C)C)C(F)(F)CO. The van der Waals surface area contributed by atoms with E-state index in [9.17, 15) is 17.8 Å².